The topological polar surface area (TPSA) is 74.1 Å². The average molecular weight is 261 g/mol. The van der Waals surface area contributed by atoms with E-state index in [1.54, 1.807) is 12.1 Å². The third kappa shape index (κ3) is 3.76. The van der Waals surface area contributed by atoms with Crippen LogP contribution in [-0.2, 0) is 11.4 Å². The lowest BCUT2D eigenvalue weighted by atomic mass is 10.3. The summed E-state index contributed by atoms with van der Waals surface area (Å²) >= 11 is -2.56. The van der Waals surface area contributed by atoms with Crippen molar-refractivity contribution in [1.29, 1.82) is 0 Å². The molecule has 2 aromatic carbocycles. The van der Waals surface area contributed by atoms with Crippen LogP contribution in [0.15, 0.2) is 64.8 Å². The summed E-state index contributed by atoms with van der Waals surface area (Å²) in [6, 6.07) is 15.6. The van der Waals surface area contributed by atoms with Gasteiger partial charge >= 0.3 is 0 Å². The molecular weight excluding hydrogens is 252 g/mol. The molecule has 6 heteroatoms. The SMILES string of the molecule is O=S([O-])Oc1ccc(N=Nc2ccccc2)cc1. The van der Waals surface area contributed by atoms with Crippen LogP contribution in [0.2, 0.25) is 0 Å². The maximum Gasteiger partial charge on any atom is 0.139 e. The van der Waals surface area contributed by atoms with Crippen LogP contribution in [0, 0.1) is 0 Å². The number of benzene rings is 2. The molecule has 0 fully saturated rings. The Labute approximate surface area is 107 Å². The van der Waals surface area contributed by atoms with Gasteiger partial charge in [0.25, 0.3) is 0 Å². The zero-order valence-corrected chi connectivity index (χ0v) is 10.0. The number of nitrogens with zero attached hydrogens (tertiary/aromatic N) is 2. The molecule has 0 radical (unpaired) electrons. The minimum absolute atomic E-state index is 0.238. The zero-order chi connectivity index (χ0) is 12.8. The number of rotatable bonds is 4. The first-order chi connectivity index (χ1) is 8.74. The quantitative estimate of drug-likeness (QED) is 0.626. The molecule has 0 amide bonds. The van der Waals surface area contributed by atoms with Gasteiger partial charge < -0.3 is 8.74 Å². The third-order valence-corrected chi connectivity index (χ3v) is 2.37. The fraction of sp³-hybridized carbons (Fsp3) is 0. The lowest BCUT2D eigenvalue weighted by Crippen LogP contribution is -1.96. The molecule has 0 heterocycles. The smallest absolute Gasteiger partial charge is 0.139 e. The van der Waals surface area contributed by atoms with Crippen molar-refractivity contribution in [2.75, 3.05) is 0 Å². The van der Waals surface area contributed by atoms with Crippen LogP contribution >= 0.6 is 0 Å². The van der Waals surface area contributed by atoms with Crippen LogP contribution in [-0.4, -0.2) is 8.76 Å². The first kappa shape index (κ1) is 12.4. The lowest BCUT2D eigenvalue weighted by Gasteiger charge is -2.06. The maximum atomic E-state index is 10.3. The second-order valence-corrected chi connectivity index (χ2v) is 3.89. The Morgan fingerprint density at radius 3 is 2.00 bits per heavy atom. The summed E-state index contributed by atoms with van der Waals surface area (Å²) in [6.45, 7) is 0. The maximum absolute atomic E-state index is 10.3. The van der Waals surface area contributed by atoms with E-state index < -0.39 is 11.4 Å². The molecule has 92 valence electrons. The minimum Gasteiger partial charge on any atom is -0.740 e. The van der Waals surface area contributed by atoms with Gasteiger partial charge in [0.2, 0.25) is 0 Å². The van der Waals surface area contributed by atoms with Crippen molar-refractivity contribution >= 4 is 22.7 Å². The fourth-order valence-electron chi connectivity index (χ4n) is 1.26. The van der Waals surface area contributed by atoms with Crippen molar-refractivity contribution < 1.29 is 12.9 Å². The molecule has 0 aliphatic rings. The van der Waals surface area contributed by atoms with E-state index in [0.717, 1.165) is 5.69 Å². The molecule has 0 N–H and O–H groups in total. The number of azo groups is 1. The van der Waals surface area contributed by atoms with Crippen LogP contribution in [0.3, 0.4) is 0 Å². The molecule has 1 unspecified atom stereocenters. The highest BCUT2D eigenvalue weighted by molar-refractivity contribution is 7.74. The molecular formula is C12H9N2O3S-. The van der Waals surface area contributed by atoms with Gasteiger partial charge in [-0.3, -0.25) is 0 Å². The monoisotopic (exact) mass is 261 g/mol. The first-order valence-corrected chi connectivity index (χ1v) is 6.08. The molecule has 0 aliphatic heterocycles. The van der Waals surface area contributed by atoms with E-state index in [4.69, 9.17) is 0 Å². The normalized spacial score (nSPS) is 12.5. The van der Waals surface area contributed by atoms with E-state index in [0.29, 0.717) is 5.69 Å². The van der Waals surface area contributed by atoms with Crippen LogP contribution in [0.25, 0.3) is 0 Å². The van der Waals surface area contributed by atoms with Crippen molar-refractivity contribution in [2.45, 2.75) is 0 Å². The Bertz CT molecular complexity index is 555. The molecule has 0 bridgehead atoms. The molecule has 0 saturated carbocycles. The van der Waals surface area contributed by atoms with Crippen molar-refractivity contribution in [2.24, 2.45) is 10.2 Å². The second-order valence-electron chi connectivity index (χ2n) is 3.32. The Kier molecular flexibility index (Phi) is 4.16. The predicted octanol–water partition coefficient (Wildman–Crippen LogP) is 3.27. The van der Waals surface area contributed by atoms with E-state index in [1.165, 1.54) is 12.1 Å². The van der Waals surface area contributed by atoms with E-state index >= 15 is 0 Å². The zero-order valence-electron chi connectivity index (χ0n) is 9.22. The average Bonchev–Trinajstić information content (AvgIpc) is 2.38. The molecule has 1 atom stereocenters. The van der Waals surface area contributed by atoms with Gasteiger partial charge in [0.1, 0.15) is 17.1 Å². The summed E-state index contributed by atoms with van der Waals surface area (Å²) in [7, 11) is 0. The van der Waals surface area contributed by atoms with Crippen LogP contribution in [0.5, 0.6) is 5.75 Å². The van der Waals surface area contributed by atoms with Crippen molar-refractivity contribution in [1.82, 2.24) is 0 Å². The summed E-state index contributed by atoms with van der Waals surface area (Å²) < 4.78 is 25.1. The number of hydrogen-bond donors (Lipinski definition) is 0. The van der Waals surface area contributed by atoms with Gasteiger partial charge in [0, 0.05) is 0 Å². The molecule has 0 spiro atoms. The highest BCUT2D eigenvalue weighted by atomic mass is 32.2. The van der Waals surface area contributed by atoms with E-state index in [-0.39, 0.29) is 5.75 Å². The van der Waals surface area contributed by atoms with Crippen LogP contribution < -0.4 is 4.18 Å². The van der Waals surface area contributed by atoms with E-state index in [2.05, 4.69) is 14.4 Å². The Morgan fingerprint density at radius 1 is 0.889 bits per heavy atom. The van der Waals surface area contributed by atoms with E-state index in [9.17, 15) is 8.76 Å². The summed E-state index contributed by atoms with van der Waals surface area (Å²) in [5, 5.41) is 8.04. The summed E-state index contributed by atoms with van der Waals surface area (Å²) in [5.74, 6) is 0.238. The first-order valence-electron chi connectivity index (χ1n) is 5.08. The van der Waals surface area contributed by atoms with Gasteiger partial charge in [-0.15, -0.1) is 0 Å². The van der Waals surface area contributed by atoms with Gasteiger partial charge in [0.15, 0.2) is 0 Å². The Balaban J connectivity index is 2.06. The van der Waals surface area contributed by atoms with Gasteiger partial charge in [-0.05, 0) is 36.4 Å². The molecule has 2 rings (SSSR count). The molecule has 0 saturated heterocycles. The highest BCUT2D eigenvalue weighted by Gasteiger charge is 1.94. The molecule has 2 aromatic rings. The van der Waals surface area contributed by atoms with Gasteiger partial charge in [-0.1, -0.05) is 18.2 Å². The van der Waals surface area contributed by atoms with Crippen molar-refractivity contribution in [3.05, 3.63) is 54.6 Å². The van der Waals surface area contributed by atoms with Crippen LogP contribution in [0.4, 0.5) is 11.4 Å². The summed E-state index contributed by atoms with van der Waals surface area (Å²) in [6.07, 6.45) is 0. The van der Waals surface area contributed by atoms with Crippen molar-refractivity contribution in [3.63, 3.8) is 0 Å². The predicted molar refractivity (Wildman–Crippen MR) is 66.6 cm³/mol. The van der Waals surface area contributed by atoms with Gasteiger partial charge in [0.05, 0.1) is 11.4 Å². The summed E-state index contributed by atoms with van der Waals surface area (Å²) in [4.78, 5) is 0. The minimum atomic E-state index is -2.56. The standard InChI is InChI=1S/C12H10N2O3S/c15-18(16)17-12-8-6-11(7-9-12)14-13-10-4-2-1-3-5-10/h1-9H,(H,15,16)/p-1. The highest BCUT2D eigenvalue weighted by Crippen LogP contribution is 2.21. The molecule has 0 aromatic heterocycles. The third-order valence-electron chi connectivity index (χ3n) is 2.04. The summed E-state index contributed by atoms with van der Waals surface area (Å²) in [5.41, 5.74) is 1.36. The fourth-order valence-corrected chi connectivity index (χ4v) is 1.53. The molecule has 18 heavy (non-hydrogen) atoms. The van der Waals surface area contributed by atoms with Crippen molar-refractivity contribution in [3.8, 4) is 5.75 Å². The second kappa shape index (κ2) is 6.04. The van der Waals surface area contributed by atoms with Gasteiger partial charge in [-0.2, -0.15) is 10.2 Å². The Hall–Kier alpha value is -2.05. The largest absolute Gasteiger partial charge is 0.740 e. The molecule has 5 nitrogen and oxygen atoms in total. The number of hydrogen-bond acceptors (Lipinski definition) is 5. The van der Waals surface area contributed by atoms with E-state index in [1.807, 2.05) is 30.3 Å². The Morgan fingerprint density at radius 2 is 1.44 bits per heavy atom. The molecule has 0 aliphatic carbocycles. The lowest BCUT2D eigenvalue weighted by molar-refractivity contribution is 0.440. The van der Waals surface area contributed by atoms with Gasteiger partial charge in [-0.25, -0.2) is 4.21 Å². The van der Waals surface area contributed by atoms with Crippen LogP contribution in [0.1, 0.15) is 0 Å².